The molecule has 0 spiro atoms. The standard InChI is InChI=1S/C8H12O7/c1-2(9)3(10)4(11)7-5(12)6(13)8(14)15-7/h2-3,5-7,9-10,12-13H,1H3/t2?,3?,5-,6-,7+/m1/s1. The van der Waals surface area contributed by atoms with Crippen LogP contribution in [0, 0.1) is 0 Å². The van der Waals surface area contributed by atoms with Gasteiger partial charge in [0.2, 0.25) is 5.78 Å². The van der Waals surface area contributed by atoms with Crippen molar-refractivity contribution in [1.82, 2.24) is 0 Å². The molecule has 1 heterocycles. The smallest absolute Gasteiger partial charge is 0.338 e. The average molecular weight is 220 g/mol. The van der Waals surface area contributed by atoms with Crippen molar-refractivity contribution in [2.45, 2.75) is 37.4 Å². The summed E-state index contributed by atoms with van der Waals surface area (Å²) in [5.74, 6) is -2.17. The maximum atomic E-state index is 11.3. The molecule has 2 unspecified atom stereocenters. The Morgan fingerprint density at radius 2 is 1.93 bits per heavy atom. The Labute approximate surface area is 84.9 Å². The molecule has 0 saturated carbocycles. The van der Waals surface area contributed by atoms with Crippen LogP contribution in [0.3, 0.4) is 0 Å². The van der Waals surface area contributed by atoms with Crippen molar-refractivity contribution in [2.75, 3.05) is 0 Å². The van der Waals surface area contributed by atoms with E-state index in [2.05, 4.69) is 4.74 Å². The maximum Gasteiger partial charge on any atom is 0.338 e. The Bertz CT molecular complexity index is 274. The fraction of sp³-hybridized carbons (Fsp3) is 0.750. The molecule has 1 fully saturated rings. The van der Waals surface area contributed by atoms with Crippen LogP contribution in [0.1, 0.15) is 6.92 Å². The summed E-state index contributed by atoms with van der Waals surface area (Å²) in [5.41, 5.74) is 0. The van der Waals surface area contributed by atoms with E-state index < -0.39 is 42.3 Å². The van der Waals surface area contributed by atoms with Crippen molar-refractivity contribution in [3.8, 4) is 0 Å². The molecule has 86 valence electrons. The number of aliphatic hydroxyl groups is 4. The van der Waals surface area contributed by atoms with Crippen LogP contribution in [-0.2, 0) is 14.3 Å². The molecule has 1 aliphatic heterocycles. The molecule has 0 aromatic rings. The molecule has 5 atom stereocenters. The first-order chi connectivity index (χ1) is 6.86. The van der Waals surface area contributed by atoms with Crippen LogP contribution in [0.15, 0.2) is 0 Å². The number of carbonyl (C=O) groups is 2. The van der Waals surface area contributed by atoms with E-state index in [0.717, 1.165) is 0 Å². The molecular formula is C8H12O7. The normalized spacial score (nSPS) is 34.7. The number of rotatable bonds is 3. The second-order valence-corrected chi connectivity index (χ2v) is 3.38. The van der Waals surface area contributed by atoms with E-state index in [1.807, 2.05) is 0 Å². The van der Waals surface area contributed by atoms with Gasteiger partial charge < -0.3 is 25.2 Å². The highest BCUT2D eigenvalue weighted by Crippen LogP contribution is 2.18. The lowest BCUT2D eigenvalue weighted by atomic mass is 10.0. The van der Waals surface area contributed by atoms with Crippen LogP contribution in [0.25, 0.3) is 0 Å². The van der Waals surface area contributed by atoms with Crippen LogP contribution in [-0.4, -0.2) is 62.7 Å². The SMILES string of the molecule is CC(O)C(O)C(=O)[C@@H]1OC(=O)[C@H](O)[C@H]1O. The second kappa shape index (κ2) is 4.23. The van der Waals surface area contributed by atoms with Gasteiger partial charge >= 0.3 is 5.97 Å². The average Bonchev–Trinajstić information content (AvgIpc) is 2.43. The van der Waals surface area contributed by atoms with Gasteiger partial charge in [0.15, 0.2) is 12.2 Å². The van der Waals surface area contributed by atoms with Crippen molar-refractivity contribution >= 4 is 11.8 Å². The van der Waals surface area contributed by atoms with Gasteiger partial charge in [-0.05, 0) is 6.92 Å². The van der Waals surface area contributed by atoms with E-state index in [0.29, 0.717) is 0 Å². The van der Waals surface area contributed by atoms with Crippen LogP contribution in [0.2, 0.25) is 0 Å². The topological polar surface area (TPSA) is 124 Å². The Kier molecular flexibility index (Phi) is 3.40. The van der Waals surface area contributed by atoms with E-state index >= 15 is 0 Å². The molecule has 0 radical (unpaired) electrons. The molecule has 4 N–H and O–H groups in total. The van der Waals surface area contributed by atoms with Crippen LogP contribution in [0.4, 0.5) is 0 Å². The highest BCUT2D eigenvalue weighted by Gasteiger charge is 2.48. The zero-order valence-corrected chi connectivity index (χ0v) is 7.90. The Morgan fingerprint density at radius 3 is 2.27 bits per heavy atom. The van der Waals surface area contributed by atoms with Gasteiger partial charge in [0, 0.05) is 0 Å². The number of hydrogen-bond acceptors (Lipinski definition) is 7. The Hall–Kier alpha value is -1.02. The van der Waals surface area contributed by atoms with E-state index in [-0.39, 0.29) is 0 Å². The summed E-state index contributed by atoms with van der Waals surface area (Å²) in [6, 6.07) is 0. The highest BCUT2D eigenvalue weighted by atomic mass is 16.6. The third-order valence-electron chi connectivity index (χ3n) is 2.15. The van der Waals surface area contributed by atoms with E-state index in [1.165, 1.54) is 6.92 Å². The minimum absolute atomic E-state index is 1.04. The third-order valence-corrected chi connectivity index (χ3v) is 2.15. The first kappa shape index (κ1) is 12.1. The third kappa shape index (κ3) is 2.15. The molecule has 0 aromatic heterocycles. The van der Waals surface area contributed by atoms with Gasteiger partial charge in [-0.3, -0.25) is 4.79 Å². The van der Waals surface area contributed by atoms with Gasteiger partial charge in [-0.2, -0.15) is 0 Å². The van der Waals surface area contributed by atoms with Gasteiger partial charge in [0.25, 0.3) is 0 Å². The van der Waals surface area contributed by atoms with Crippen molar-refractivity contribution in [1.29, 1.82) is 0 Å². The van der Waals surface area contributed by atoms with Crippen molar-refractivity contribution in [3.63, 3.8) is 0 Å². The predicted molar refractivity (Wildman–Crippen MR) is 44.6 cm³/mol. The van der Waals surface area contributed by atoms with Crippen molar-refractivity contribution in [3.05, 3.63) is 0 Å². The van der Waals surface area contributed by atoms with Gasteiger partial charge in [-0.1, -0.05) is 0 Å². The van der Waals surface area contributed by atoms with Gasteiger partial charge in [0.1, 0.15) is 12.2 Å². The molecule has 1 saturated heterocycles. The summed E-state index contributed by atoms with van der Waals surface area (Å²) in [7, 11) is 0. The van der Waals surface area contributed by atoms with Gasteiger partial charge in [0.05, 0.1) is 6.10 Å². The molecule has 0 bridgehead atoms. The zero-order valence-electron chi connectivity index (χ0n) is 7.90. The lowest BCUT2D eigenvalue weighted by molar-refractivity contribution is -0.156. The van der Waals surface area contributed by atoms with E-state index in [4.69, 9.17) is 15.3 Å². The number of esters is 1. The van der Waals surface area contributed by atoms with Crippen LogP contribution >= 0.6 is 0 Å². The summed E-state index contributed by atoms with van der Waals surface area (Å²) < 4.78 is 4.36. The number of aliphatic hydroxyl groups excluding tert-OH is 4. The molecule has 7 nitrogen and oxygen atoms in total. The fourth-order valence-corrected chi connectivity index (χ4v) is 1.20. The highest BCUT2D eigenvalue weighted by molar-refractivity contribution is 5.93. The maximum absolute atomic E-state index is 11.3. The number of ketones is 1. The lowest BCUT2D eigenvalue weighted by Crippen LogP contribution is -2.44. The number of cyclic esters (lactones) is 1. The van der Waals surface area contributed by atoms with Gasteiger partial charge in [-0.25, -0.2) is 4.79 Å². The molecule has 15 heavy (non-hydrogen) atoms. The molecule has 1 rings (SSSR count). The summed E-state index contributed by atoms with van der Waals surface area (Å²) in [4.78, 5) is 22.1. The molecule has 0 aliphatic carbocycles. The fourth-order valence-electron chi connectivity index (χ4n) is 1.20. The Balaban J connectivity index is 2.74. The molecule has 0 amide bonds. The largest absolute Gasteiger partial charge is 0.449 e. The number of Topliss-reactive ketones (excluding diaryl/α,β-unsaturated/α-hetero) is 1. The van der Waals surface area contributed by atoms with Crippen molar-refractivity contribution in [2.24, 2.45) is 0 Å². The summed E-state index contributed by atoms with van der Waals surface area (Å²) in [5, 5.41) is 36.3. The monoisotopic (exact) mass is 220 g/mol. The summed E-state index contributed by atoms with van der Waals surface area (Å²) in [6.07, 6.45) is -8.24. The van der Waals surface area contributed by atoms with E-state index in [1.54, 1.807) is 0 Å². The van der Waals surface area contributed by atoms with Crippen LogP contribution < -0.4 is 0 Å². The first-order valence-electron chi connectivity index (χ1n) is 4.32. The Morgan fingerprint density at radius 1 is 1.40 bits per heavy atom. The summed E-state index contributed by atoms with van der Waals surface area (Å²) >= 11 is 0. The molecule has 7 heteroatoms. The van der Waals surface area contributed by atoms with Gasteiger partial charge in [-0.15, -0.1) is 0 Å². The minimum Gasteiger partial charge on any atom is -0.449 e. The zero-order chi connectivity index (χ0) is 11.7. The van der Waals surface area contributed by atoms with Crippen molar-refractivity contribution < 1.29 is 34.8 Å². The minimum atomic E-state index is -1.79. The summed E-state index contributed by atoms with van der Waals surface area (Å²) in [6.45, 7) is 1.17. The molecular weight excluding hydrogens is 208 g/mol. The molecule has 0 aromatic carbocycles. The molecule has 1 aliphatic rings. The van der Waals surface area contributed by atoms with E-state index in [9.17, 15) is 14.7 Å². The first-order valence-corrected chi connectivity index (χ1v) is 4.32. The quantitative estimate of drug-likeness (QED) is 0.372. The second-order valence-electron chi connectivity index (χ2n) is 3.38. The van der Waals surface area contributed by atoms with Crippen LogP contribution in [0.5, 0.6) is 0 Å². The number of ether oxygens (including phenoxy) is 1. The predicted octanol–water partition coefficient (Wildman–Crippen LogP) is -3.06. The lowest BCUT2D eigenvalue weighted by Gasteiger charge is -2.18. The number of hydrogen-bond donors (Lipinski definition) is 4. The number of carbonyl (C=O) groups excluding carboxylic acids is 2.